The van der Waals surface area contributed by atoms with Crippen LogP contribution in [0.25, 0.3) is 153 Å². The quantitative estimate of drug-likeness (QED) is 0.173. The second kappa shape index (κ2) is 15.5. The van der Waals surface area contributed by atoms with E-state index in [-0.39, 0.29) is 0 Å². The highest BCUT2D eigenvalue weighted by atomic mass is 32.1. The minimum absolute atomic E-state index is 0.291. The molecular formula is C68H34F2N2S. The first-order valence-electron chi connectivity index (χ1n) is 24.2. The van der Waals surface area contributed by atoms with Gasteiger partial charge in [-0.15, -0.1) is 11.3 Å². The van der Waals surface area contributed by atoms with Crippen LogP contribution in [-0.4, -0.2) is 0 Å². The maximum absolute atomic E-state index is 16.7. The van der Waals surface area contributed by atoms with E-state index >= 15 is 8.78 Å². The van der Waals surface area contributed by atoms with Crippen molar-refractivity contribution in [3.05, 3.63) is 229 Å². The van der Waals surface area contributed by atoms with E-state index in [9.17, 15) is 10.5 Å². The van der Waals surface area contributed by atoms with E-state index < -0.39 is 11.6 Å². The molecule has 0 bridgehead atoms. The lowest BCUT2D eigenvalue weighted by molar-refractivity contribution is 0.631. The zero-order valence-corrected chi connectivity index (χ0v) is 39.5. The fourth-order valence-corrected chi connectivity index (χ4v) is 13.7. The summed E-state index contributed by atoms with van der Waals surface area (Å²) < 4.78 is 36.0. The van der Waals surface area contributed by atoms with Crippen LogP contribution in [0.15, 0.2) is 206 Å². The fourth-order valence-electron chi connectivity index (χ4n) is 12.4. The summed E-state index contributed by atoms with van der Waals surface area (Å²) in [6.45, 7) is 0. The Morgan fingerprint density at radius 1 is 0.301 bits per heavy atom. The summed E-state index contributed by atoms with van der Waals surface area (Å²) in [6.07, 6.45) is 0. The van der Waals surface area contributed by atoms with E-state index in [1.165, 1.54) is 50.0 Å². The van der Waals surface area contributed by atoms with Gasteiger partial charge in [0.1, 0.15) is 11.6 Å². The highest BCUT2D eigenvalue weighted by Crippen LogP contribution is 2.65. The van der Waals surface area contributed by atoms with Crippen LogP contribution in [0.2, 0.25) is 0 Å². The van der Waals surface area contributed by atoms with Gasteiger partial charge in [0.05, 0.1) is 23.3 Å². The zero-order chi connectivity index (χ0) is 48.6. The summed E-state index contributed by atoms with van der Waals surface area (Å²) >= 11 is 1.84. The van der Waals surface area contributed by atoms with Crippen LogP contribution >= 0.6 is 11.3 Å². The van der Waals surface area contributed by atoms with Gasteiger partial charge >= 0.3 is 0 Å². The van der Waals surface area contributed by atoms with Crippen molar-refractivity contribution < 1.29 is 8.78 Å². The second-order valence-electron chi connectivity index (χ2n) is 19.0. The molecule has 0 aliphatic heterocycles. The minimum Gasteiger partial charge on any atom is -0.206 e. The summed E-state index contributed by atoms with van der Waals surface area (Å²) in [4.78, 5) is 0. The monoisotopic (exact) mass is 948 g/mol. The van der Waals surface area contributed by atoms with Gasteiger partial charge in [-0.05, 0) is 159 Å². The normalized spacial score (nSPS) is 11.9. The number of halogens is 2. The van der Waals surface area contributed by atoms with Gasteiger partial charge in [-0.25, -0.2) is 8.78 Å². The Morgan fingerprint density at radius 2 is 0.753 bits per heavy atom. The molecule has 13 aromatic rings. The van der Waals surface area contributed by atoms with Gasteiger partial charge in [0, 0.05) is 42.4 Å². The topological polar surface area (TPSA) is 47.6 Å². The molecule has 73 heavy (non-hydrogen) atoms. The van der Waals surface area contributed by atoms with E-state index in [0.717, 1.165) is 93.9 Å². The number of thiophene rings is 1. The smallest absolute Gasteiger partial charge is 0.131 e. The van der Waals surface area contributed by atoms with Crippen molar-refractivity contribution in [1.82, 2.24) is 0 Å². The molecule has 5 heteroatoms. The van der Waals surface area contributed by atoms with Crippen molar-refractivity contribution >= 4 is 63.8 Å². The second-order valence-corrected chi connectivity index (χ2v) is 20.1. The predicted molar refractivity (Wildman–Crippen MR) is 297 cm³/mol. The Bertz CT molecular complexity index is 4590. The molecule has 2 aliphatic carbocycles. The van der Waals surface area contributed by atoms with E-state index in [0.29, 0.717) is 44.2 Å². The summed E-state index contributed by atoms with van der Waals surface area (Å²) in [6, 6.07) is 73.6. The molecule has 2 nitrogen and oxygen atoms in total. The Labute approximate surface area is 422 Å². The number of fused-ring (bicyclic) bond motifs is 11. The number of rotatable bonds is 5. The standard InChI is InChI=1S/C68H34F2N2S/c69-55-30-22-37(35-71)32-53(55)60-44-17-7-8-18-45(44)61(54-33-38(36-72)23-31-56(54)70)67-51-29-27-49-62-48(26-28-50(63(51)62)66(60)67)64-58(39-12-3-1-4-13-39)46-25-24-41(34-52(46)59(65(49)64)40-14-5-2-6-15-40)42-19-11-20-47-43-16-9-10-21-57(43)73-68(42)47/h1-34H. The van der Waals surface area contributed by atoms with Crippen LogP contribution < -0.4 is 0 Å². The largest absolute Gasteiger partial charge is 0.206 e. The summed E-state index contributed by atoms with van der Waals surface area (Å²) in [7, 11) is 0. The van der Waals surface area contributed by atoms with E-state index in [1.807, 2.05) is 35.6 Å². The van der Waals surface area contributed by atoms with Crippen LogP contribution in [0, 0.1) is 34.3 Å². The maximum Gasteiger partial charge on any atom is 0.131 e. The van der Waals surface area contributed by atoms with E-state index in [4.69, 9.17) is 0 Å². The minimum atomic E-state index is -0.465. The SMILES string of the molecule is N#Cc1ccc(F)c(-c2c3c(c(-c4cc(C#N)ccc4F)c4ccccc24)-c2ccc4c5c(ccc-3c25)-c2c-4c(-c3ccccc3)c3cc(-c4cccc5c4sc4ccccc45)ccc3c2-c2ccccc2)c1. The number of benzene rings is 12. The van der Waals surface area contributed by atoms with Gasteiger partial charge in [0.2, 0.25) is 0 Å². The van der Waals surface area contributed by atoms with Crippen LogP contribution in [0.1, 0.15) is 11.1 Å². The van der Waals surface area contributed by atoms with Crippen molar-refractivity contribution in [1.29, 1.82) is 10.5 Å². The fraction of sp³-hybridized carbons (Fsp3) is 0. The van der Waals surface area contributed by atoms with Gasteiger partial charge < -0.3 is 0 Å². The number of hydrogen-bond acceptors (Lipinski definition) is 3. The molecule has 0 radical (unpaired) electrons. The number of nitriles is 2. The van der Waals surface area contributed by atoms with Crippen molar-refractivity contribution in [3.63, 3.8) is 0 Å². The highest BCUT2D eigenvalue weighted by molar-refractivity contribution is 7.26. The zero-order valence-electron chi connectivity index (χ0n) is 38.7. The molecule has 12 aromatic carbocycles. The molecule has 15 rings (SSSR count). The van der Waals surface area contributed by atoms with Gasteiger partial charge in [-0.1, -0.05) is 158 Å². The van der Waals surface area contributed by atoms with Crippen LogP contribution in [0.3, 0.4) is 0 Å². The first-order valence-corrected chi connectivity index (χ1v) is 25.1. The lowest BCUT2D eigenvalue weighted by atomic mass is 9.81. The van der Waals surface area contributed by atoms with Gasteiger partial charge in [0.15, 0.2) is 0 Å². The van der Waals surface area contributed by atoms with E-state index in [1.54, 1.807) is 12.1 Å². The van der Waals surface area contributed by atoms with Crippen LogP contribution in [-0.2, 0) is 0 Å². The lowest BCUT2D eigenvalue weighted by Gasteiger charge is -2.22. The Balaban J connectivity index is 1.09. The molecule has 336 valence electrons. The molecule has 2 aliphatic rings. The molecule has 0 atom stereocenters. The Morgan fingerprint density at radius 3 is 1.29 bits per heavy atom. The van der Waals surface area contributed by atoms with Crippen LogP contribution in [0.5, 0.6) is 0 Å². The molecular weight excluding hydrogens is 915 g/mol. The van der Waals surface area contributed by atoms with Crippen molar-refractivity contribution in [3.8, 4) is 112 Å². The van der Waals surface area contributed by atoms with Crippen molar-refractivity contribution in [2.45, 2.75) is 0 Å². The molecule has 0 fully saturated rings. The maximum atomic E-state index is 16.7. The number of nitrogens with zero attached hydrogens (tertiary/aromatic N) is 2. The molecule has 0 saturated heterocycles. The third kappa shape index (κ3) is 5.74. The third-order valence-corrected chi connectivity index (χ3v) is 16.6. The third-order valence-electron chi connectivity index (χ3n) is 15.3. The van der Waals surface area contributed by atoms with Crippen LogP contribution in [0.4, 0.5) is 8.78 Å². The summed E-state index contributed by atoms with van der Waals surface area (Å²) in [5, 5.41) is 28.6. The van der Waals surface area contributed by atoms with E-state index in [2.05, 4.69) is 158 Å². The molecule has 1 aromatic heterocycles. The summed E-state index contributed by atoms with van der Waals surface area (Å²) in [5.74, 6) is -0.930. The number of hydrogen-bond donors (Lipinski definition) is 0. The molecule has 0 saturated carbocycles. The average Bonchev–Trinajstić information content (AvgIpc) is 4.11. The van der Waals surface area contributed by atoms with Gasteiger partial charge in [-0.3, -0.25) is 0 Å². The lowest BCUT2D eigenvalue weighted by Crippen LogP contribution is -1.97. The predicted octanol–water partition coefficient (Wildman–Crippen LogP) is 19.2. The molecule has 1 heterocycles. The van der Waals surface area contributed by atoms with Crippen molar-refractivity contribution in [2.75, 3.05) is 0 Å². The first-order chi connectivity index (χ1) is 36.0. The Kier molecular flexibility index (Phi) is 8.76. The van der Waals surface area contributed by atoms with Gasteiger partial charge in [-0.2, -0.15) is 10.5 Å². The molecule has 0 unspecified atom stereocenters. The molecule has 0 spiro atoms. The molecule has 0 amide bonds. The highest BCUT2D eigenvalue weighted by Gasteiger charge is 2.38. The summed E-state index contributed by atoms with van der Waals surface area (Å²) in [5.41, 5.74) is 17.0. The average molecular weight is 949 g/mol. The first kappa shape index (κ1) is 41.3. The Hall–Kier alpha value is -9.52. The molecule has 0 N–H and O–H groups in total. The van der Waals surface area contributed by atoms with Crippen molar-refractivity contribution in [2.24, 2.45) is 0 Å². The van der Waals surface area contributed by atoms with Gasteiger partial charge in [0.25, 0.3) is 0 Å².